The van der Waals surface area contributed by atoms with Gasteiger partial charge in [-0.3, -0.25) is 4.99 Å². The fourth-order valence-corrected chi connectivity index (χ4v) is 1.57. The standard InChI is InChI=1S/C15H15NO/c1-16-11-14-8-5-9-15(10-14)17-12-13-6-3-2-4-7-13/h2-11H,12H2,1H3. The molecule has 0 radical (unpaired) electrons. The Balaban J connectivity index is 2.02. The largest absolute Gasteiger partial charge is 0.489 e. The van der Waals surface area contributed by atoms with E-state index >= 15 is 0 Å². The highest BCUT2D eigenvalue weighted by molar-refractivity contribution is 5.80. The fourth-order valence-electron chi connectivity index (χ4n) is 1.57. The van der Waals surface area contributed by atoms with E-state index in [-0.39, 0.29) is 0 Å². The van der Waals surface area contributed by atoms with Crippen LogP contribution in [0.25, 0.3) is 0 Å². The van der Waals surface area contributed by atoms with E-state index in [1.54, 1.807) is 7.05 Å². The molecule has 0 fully saturated rings. The Labute approximate surface area is 102 Å². The van der Waals surface area contributed by atoms with Crippen LogP contribution in [0.1, 0.15) is 11.1 Å². The maximum absolute atomic E-state index is 5.72. The van der Waals surface area contributed by atoms with Gasteiger partial charge < -0.3 is 4.74 Å². The quantitative estimate of drug-likeness (QED) is 0.731. The van der Waals surface area contributed by atoms with Crippen LogP contribution < -0.4 is 4.74 Å². The van der Waals surface area contributed by atoms with Gasteiger partial charge in [-0.25, -0.2) is 0 Å². The molecule has 0 bridgehead atoms. The van der Waals surface area contributed by atoms with E-state index < -0.39 is 0 Å². The van der Waals surface area contributed by atoms with Crippen molar-refractivity contribution in [3.8, 4) is 5.75 Å². The molecule has 2 aromatic rings. The molecule has 0 heterocycles. The summed E-state index contributed by atoms with van der Waals surface area (Å²) in [4.78, 5) is 3.98. The van der Waals surface area contributed by atoms with Gasteiger partial charge in [0.25, 0.3) is 0 Å². The lowest BCUT2D eigenvalue weighted by Gasteiger charge is -2.06. The van der Waals surface area contributed by atoms with E-state index in [0.29, 0.717) is 6.61 Å². The van der Waals surface area contributed by atoms with Gasteiger partial charge >= 0.3 is 0 Å². The van der Waals surface area contributed by atoms with E-state index in [1.807, 2.05) is 48.7 Å². The van der Waals surface area contributed by atoms with Crippen molar-refractivity contribution < 1.29 is 4.74 Å². The van der Waals surface area contributed by atoms with Gasteiger partial charge in [0.2, 0.25) is 0 Å². The average Bonchev–Trinajstić information content (AvgIpc) is 2.39. The van der Waals surface area contributed by atoms with Crippen LogP contribution in [0, 0.1) is 0 Å². The first-order chi connectivity index (χ1) is 8.38. The normalized spacial score (nSPS) is 10.6. The first-order valence-electron chi connectivity index (χ1n) is 5.57. The van der Waals surface area contributed by atoms with Crippen molar-refractivity contribution in [1.82, 2.24) is 0 Å². The lowest BCUT2D eigenvalue weighted by atomic mass is 10.2. The number of nitrogens with zero attached hydrogens (tertiary/aromatic N) is 1. The maximum Gasteiger partial charge on any atom is 0.120 e. The molecule has 17 heavy (non-hydrogen) atoms. The van der Waals surface area contributed by atoms with E-state index in [1.165, 1.54) is 5.56 Å². The number of rotatable bonds is 4. The second kappa shape index (κ2) is 5.85. The van der Waals surface area contributed by atoms with Crippen LogP contribution in [0.2, 0.25) is 0 Å². The molecule has 0 saturated heterocycles. The van der Waals surface area contributed by atoms with Gasteiger partial charge in [-0.1, -0.05) is 42.5 Å². The summed E-state index contributed by atoms with van der Waals surface area (Å²) in [5.41, 5.74) is 2.22. The van der Waals surface area contributed by atoms with Crippen molar-refractivity contribution in [2.24, 2.45) is 4.99 Å². The third-order valence-corrected chi connectivity index (χ3v) is 2.38. The van der Waals surface area contributed by atoms with Crippen molar-refractivity contribution in [2.45, 2.75) is 6.61 Å². The third-order valence-electron chi connectivity index (χ3n) is 2.38. The Morgan fingerprint density at radius 1 is 1.06 bits per heavy atom. The van der Waals surface area contributed by atoms with E-state index in [2.05, 4.69) is 17.1 Å². The van der Waals surface area contributed by atoms with Crippen LogP contribution in [-0.4, -0.2) is 13.3 Å². The molecule has 2 rings (SSSR count). The van der Waals surface area contributed by atoms with Gasteiger partial charge in [-0.2, -0.15) is 0 Å². The SMILES string of the molecule is CN=Cc1cccc(OCc2ccccc2)c1. The summed E-state index contributed by atoms with van der Waals surface area (Å²) in [7, 11) is 1.76. The summed E-state index contributed by atoms with van der Waals surface area (Å²) >= 11 is 0. The minimum Gasteiger partial charge on any atom is -0.489 e. The Morgan fingerprint density at radius 2 is 1.88 bits per heavy atom. The molecule has 86 valence electrons. The van der Waals surface area contributed by atoms with Crippen molar-refractivity contribution in [3.05, 3.63) is 65.7 Å². The monoisotopic (exact) mass is 225 g/mol. The summed E-state index contributed by atoms with van der Waals surface area (Å²) in [6, 6.07) is 18.0. The molecule has 0 atom stereocenters. The van der Waals surface area contributed by atoms with Gasteiger partial charge in [0.1, 0.15) is 12.4 Å². The molecule has 0 aliphatic rings. The summed E-state index contributed by atoms with van der Waals surface area (Å²) in [6.07, 6.45) is 1.81. The van der Waals surface area contributed by atoms with Crippen LogP contribution >= 0.6 is 0 Å². The molecule has 0 unspecified atom stereocenters. The van der Waals surface area contributed by atoms with Gasteiger partial charge in [0.05, 0.1) is 0 Å². The van der Waals surface area contributed by atoms with Crippen LogP contribution in [0.3, 0.4) is 0 Å². The number of hydrogen-bond acceptors (Lipinski definition) is 2. The smallest absolute Gasteiger partial charge is 0.120 e. The van der Waals surface area contributed by atoms with Crippen LogP contribution in [-0.2, 0) is 6.61 Å². The van der Waals surface area contributed by atoms with E-state index in [0.717, 1.165) is 11.3 Å². The maximum atomic E-state index is 5.72. The van der Waals surface area contributed by atoms with Crippen molar-refractivity contribution in [3.63, 3.8) is 0 Å². The molecule has 0 aromatic heterocycles. The Hall–Kier alpha value is -2.09. The van der Waals surface area contributed by atoms with Gasteiger partial charge in [0, 0.05) is 13.3 Å². The zero-order chi connectivity index (χ0) is 11.9. The highest BCUT2D eigenvalue weighted by atomic mass is 16.5. The van der Waals surface area contributed by atoms with Crippen LogP contribution in [0.4, 0.5) is 0 Å². The van der Waals surface area contributed by atoms with Gasteiger partial charge in [-0.15, -0.1) is 0 Å². The number of hydrogen-bond donors (Lipinski definition) is 0. The predicted molar refractivity (Wildman–Crippen MR) is 70.7 cm³/mol. The Bertz CT molecular complexity index is 491. The second-order valence-corrected chi connectivity index (χ2v) is 3.73. The molecule has 0 spiro atoms. The fraction of sp³-hybridized carbons (Fsp3) is 0.133. The summed E-state index contributed by atoms with van der Waals surface area (Å²) < 4.78 is 5.72. The predicted octanol–water partition coefficient (Wildman–Crippen LogP) is 3.31. The third kappa shape index (κ3) is 3.45. The first kappa shape index (κ1) is 11.4. The topological polar surface area (TPSA) is 21.6 Å². The van der Waals surface area contributed by atoms with Gasteiger partial charge in [-0.05, 0) is 23.3 Å². The minimum absolute atomic E-state index is 0.591. The zero-order valence-corrected chi connectivity index (χ0v) is 9.84. The molecule has 2 nitrogen and oxygen atoms in total. The molecule has 0 saturated carbocycles. The van der Waals surface area contributed by atoms with Crippen molar-refractivity contribution in [2.75, 3.05) is 7.05 Å². The van der Waals surface area contributed by atoms with Crippen LogP contribution in [0.5, 0.6) is 5.75 Å². The summed E-state index contributed by atoms with van der Waals surface area (Å²) in [5, 5.41) is 0. The molecule has 0 N–H and O–H groups in total. The molecule has 2 aromatic carbocycles. The van der Waals surface area contributed by atoms with E-state index in [9.17, 15) is 0 Å². The molecule has 0 amide bonds. The number of ether oxygens (including phenoxy) is 1. The van der Waals surface area contributed by atoms with Gasteiger partial charge in [0.15, 0.2) is 0 Å². The highest BCUT2D eigenvalue weighted by Crippen LogP contribution is 2.14. The Morgan fingerprint density at radius 3 is 2.65 bits per heavy atom. The van der Waals surface area contributed by atoms with E-state index in [4.69, 9.17) is 4.74 Å². The summed E-state index contributed by atoms with van der Waals surface area (Å²) in [5.74, 6) is 0.867. The first-order valence-corrected chi connectivity index (χ1v) is 5.57. The van der Waals surface area contributed by atoms with Crippen molar-refractivity contribution >= 4 is 6.21 Å². The second-order valence-electron chi connectivity index (χ2n) is 3.73. The number of benzene rings is 2. The minimum atomic E-state index is 0.591. The highest BCUT2D eigenvalue weighted by Gasteiger charge is 1.96. The lowest BCUT2D eigenvalue weighted by Crippen LogP contribution is -1.95. The average molecular weight is 225 g/mol. The number of aliphatic imine (C=N–C) groups is 1. The van der Waals surface area contributed by atoms with Crippen molar-refractivity contribution in [1.29, 1.82) is 0 Å². The molecule has 0 aliphatic heterocycles. The van der Waals surface area contributed by atoms with Crippen LogP contribution in [0.15, 0.2) is 59.6 Å². The molecular weight excluding hydrogens is 210 g/mol. The Kier molecular flexibility index (Phi) is 3.92. The summed E-state index contributed by atoms with van der Waals surface area (Å²) in [6.45, 7) is 0.591. The molecule has 0 aliphatic carbocycles. The molecular formula is C15H15NO. The lowest BCUT2D eigenvalue weighted by molar-refractivity contribution is 0.306. The zero-order valence-electron chi connectivity index (χ0n) is 9.84. The molecule has 2 heteroatoms.